The van der Waals surface area contributed by atoms with Gasteiger partial charge in [0.1, 0.15) is 0 Å². The molecule has 1 atom stereocenters. The number of aliphatic hydroxyl groups is 1. The second-order valence-corrected chi connectivity index (χ2v) is 6.55. The lowest BCUT2D eigenvalue weighted by molar-refractivity contribution is -0.135. The maximum Gasteiger partial charge on any atom is 0.253 e. The SMILES string of the molecule is Cc1ccc(C(=O)N2CCN(C(=O)CC(O)C(C)C)CC2)cc1. The highest BCUT2D eigenvalue weighted by Crippen LogP contribution is 2.13. The number of hydrogen-bond donors (Lipinski definition) is 1. The molecule has 0 aromatic heterocycles. The van der Waals surface area contributed by atoms with Gasteiger partial charge in [0.05, 0.1) is 12.5 Å². The van der Waals surface area contributed by atoms with E-state index >= 15 is 0 Å². The average Bonchev–Trinajstić information content (AvgIpc) is 2.55. The van der Waals surface area contributed by atoms with Crippen molar-refractivity contribution in [2.24, 2.45) is 5.92 Å². The fourth-order valence-electron chi connectivity index (χ4n) is 2.58. The first-order valence-corrected chi connectivity index (χ1v) is 8.20. The number of rotatable bonds is 4. The van der Waals surface area contributed by atoms with E-state index in [9.17, 15) is 14.7 Å². The van der Waals surface area contributed by atoms with Crippen LogP contribution in [0.1, 0.15) is 36.2 Å². The van der Waals surface area contributed by atoms with Gasteiger partial charge in [0, 0.05) is 31.7 Å². The number of aryl methyl sites for hydroxylation is 1. The monoisotopic (exact) mass is 318 g/mol. The molecular formula is C18H26N2O3. The molecule has 1 fully saturated rings. The summed E-state index contributed by atoms with van der Waals surface area (Å²) >= 11 is 0. The Labute approximate surface area is 137 Å². The fourth-order valence-corrected chi connectivity index (χ4v) is 2.58. The summed E-state index contributed by atoms with van der Waals surface area (Å²) in [6, 6.07) is 7.54. The number of hydrogen-bond acceptors (Lipinski definition) is 3. The van der Waals surface area contributed by atoms with Crippen molar-refractivity contribution in [2.75, 3.05) is 26.2 Å². The highest BCUT2D eigenvalue weighted by molar-refractivity contribution is 5.94. The van der Waals surface area contributed by atoms with Crippen molar-refractivity contribution in [3.63, 3.8) is 0 Å². The third-order valence-electron chi connectivity index (χ3n) is 4.37. The molecule has 5 nitrogen and oxygen atoms in total. The predicted octanol–water partition coefficient (Wildman–Crippen LogP) is 1.69. The van der Waals surface area contributed by atoms with Gasteiger partial charge in [0.25, 0.3) is 5.91 Å². The van der Waals surface area contributed by atoms with Gasteiger partial charge in [-0.15, -0.1) is 0 Å². The topological polar surface area (TPSA) is 60.9 Å². The third kappa shape index (κ3) is 4.55. The summed E-state index contributed by atoms with van der Waals surface area (Å²) in [4.78, 5) is 28.1. The Morgan fingerprint density at radius 2 is 1.57 bits per heavy atom. The van der Waals surface area contributed by atoms with Gasteiger partial charge in [-0.2, -0.15) is 0 Å². The number of amides is 2. The molecule has 0 saturated carbocycles. The molecule has 0 aliphatic carbocycles. The maximum atomic E-state index is 12.4. The molecule has 1 aliphatic heterocycles. The first-order valence-electron chi connectivity index (χ1n) is 8.20. The summed E-state index contributed by atoms with van der Waals surface area (Å²) in [5.41, 5.74) is 1.81. The van der Waals surface area contributed by atoms with Crippen LogP contribution in [0, 0.1) is 12.8 Å². The molecule has 5 heteroatoms. The minimum absolute atomic E-state index is 0.0133. The molecule has 1 unspecified atom stereocenters. The Kier molecular flexibility index (Phi) is 5.77. The number of nitrogens with zero attached hydrogens (tertiary/aromatic N) is 2. The summed E-state index contributed by atoms with van der Waals surface area (Å²) in [5, 5.41) is 9.83. The van der Waals surface area contributed by atoms with E-state index in [-0.39, 0.29) is 24.2 Å². The Balaban J connectivity index is 1.87. The van der Waals surface area contributed by atoms with Crippen LogP contribution in [0.5, 0.6) is 0 Å². The molecule has 1 aromatic rings. The Morgan fingerprint density at radius 3 is 2.09 bits per heavy atom. The van der Waals surface area contributed by atoms with Crippen LogP contribution >= 0.6 is 0 Å². The van der Waals surface area contributed by atoms with Crippen molar-refractivity contribution >= 4 is 11.8 Å². The molecule has 0 bridgehead atoms. The number of benzene rings is 1. The van der Waals surface area contributed by atoms with E-state index in [0.29, 0.717) is 31.7 Å². The smallest absolute Gasteiger partial charge is 0.253 e. The van der Waals surface area contributed by atoms with E-state index in [1.165, 1.54) is 0 Å². The molecule has 1 saturated heterocycles. The molecule has 1 aliphatic rings. The lowest BCUT2D eigenvalue weighted by Crippen LogP contribution is -2.51. The highest BCUT2D eigenvalue weighted by Gasteiger charge is 2.26. The van der Waals surface area contributed by atoms with Gasteiger partial charge in [-0.3, -0.25) is 9.59 Å². The second kappa shape index (κ2) is 7.59. The van der Waals surface area contributed by atoms with E-state index in [1.54, 1.807) is 9.80 Å². The minimum atomic E-state index is -0.602. The second-order valence-electron chi connectivity index (χ2n) is 6.55. The van der Waals surface area contributed by atoms with E-state index < -0.39 is 6.10 Å². The van der Waals surface area contributed by atoms with Crippen LogP contribution in [0.15, 0.2) is 24.3 Å². The zero-order valence-corrected chi connectivity index (χ0v) is 14.2. The highest BCUT2D eigenvalue weighted by atomic mass is 16.3. The normalized spacial score (nSPS) is 16.6. The van der Waals surface area contributed by atoms with E-state index in [1.807, 2.05) is 45.0 Å². The standard InChI is InChI=1S/C18H26N2O3/c1-13(2)16(21)12-17(22)19-8-10-20(11-9-19)18(23)15-6-4-14(3)5-7-15/h4-7,13,16,21H,8-12H2,1-3H3. The van der Waals surface area contributed by atoms with Crippen LogP contribution < -0.4 is 0 Å². The zero-order chi connectivity index (χ0) is 17.0. The molecule has 1 N–H and O–H groups in total. The predicted molar refractivity (Wildman–Crippen MR) is 89.1 cm³/mol. The lowest BCUT2D eigenvalue weighted by atomic mass is 10.0. The van der Waals surface area contributed by atoms with Crippen LogP contribution in [0.25, 0.3) is 0 Å². The van der Waals surface area contributed by atoms with Gasteiger partial charge in [0.15, 0.2) is 0 Å². The third-order valence-corrected chi connectivity index (χ3v) is 4.37. The summed E-state index contributed by atoms with van der Waals surface area (Å²) in [5.74, 6) is 0.0521. The van der Waals surface area contributed by atoms with Crippen molar-refractivity contribution in [3.05, 3.63) is 35.4 Å². The van der Waals surface area contributed by atoms with E-state index in [0.717, 1.165) is 5.56 Å². The molecular weight excluding hydrogens is 292 g/mol. The Bertz CT molecular complexity index is 546. The fraction of sp³-hybridized carbons (Fsp3) is 0.556. The Hall–Kier alpha value is -1.88. The molecule has 0 radical (unpaired) electrons. The maximum absolute atomic E-state index is 12.4. The van der Waals surface area contributed by atoms with Crippen molar-refractivity contribution in [3.8, 4) is 0 Å². The van der Waals surface area contributed by atoms with Gasteiger partial charge in [-0.25, -0.2) is 0 Å². The van der Waals surface area contributed by atoms with Crippen molar-refractivity contribution in [1.29, 1.82) is 0 Å². The van der Waals surface area contributed by atoms with Crippen molar-refractivity contribution in [1.82, 2.24) is 9.80 Å². The molecule has 2 amide bonds. The van der Waals surface area contributed by atoms with Gasteiger partial charge in [0.2, 0.25) is 5.91 Å². The molecule has 1 aromatic carbocycles. The summed E-state index contributed by atoms with van der Waals surface area (Å²) in [6.45, 7) is 7.92. The molecule has 2 rings (SSSR count). The molecule has 23 heavy (non-hydrogen) atoms. The minimum Gasteiger partial charge on any atom is -0.392 e. The number of carbonyl (C=O) groups excluding carboxylic acids is 2. The average molecular weight is 318 g/mol. The Morgan fingerprint density at radius 1 is 1.04 bits per heavy atom. The summed E-state index contributed by atoms with van der Waals surface area (Å²) in [6.07, 6.45) is -0.446. The molecule has 1 heterocycles. The number of carbonyl (C=O) groups is 2. The van der Waals surface area contributed by atoms with Crippen LogP contribution in [0.2, 0.25) is 0 Å². The van der Waals surface area contributed by atoms with Crippen LogP contribution in [-0.2, 0) is 4.79 Å². The summed E-state index contributed by atoms with van der Waals surface area (Å²) < 4.78 is 0. The number of piperazine rings is 1. The van der Waals surface area contributed by atoms with Crippen LogP contribution in [0.4, 0.5) is 0 Å². The van der Waals surface area contributed by atoms with Crippen LogP contribution in [-0.4, -0.2) is 59.0 Å². The van der Waals surface area contributed by atoms with Gasteiger partial charge in [-0.1, -0.05) is 31.5 Å². The zero-order valence-electron chi connectivity index (χ0n) is 14.2. The summed E-state index contributed by atoms with van der Waals surface area (Å²) in [7, 11) is 0. The molecule has 126 valence electrons. The molecule has 0 spiro atoms. The van der Waals surface area contributed by atoms with Crippen molar-refractivity contribution < 1.29 is 14.7 Å². The largest absolute Gasteiger partial charge is 0.392 e. The van der Waals surface area contributed by atoms with Crippen molar-refractivity contribution in [2.45, 2.75) is 33.3 Å². The first-order chi connectivity index (χ1) is 10.9. The number of aliphatic hydroxyl groups excluding tert-OH is 1. The van der Waals surface area contributed by atoms with Crippen LogP contribution in [0.3, 0.4) is 0 Å². The lowest BCUT2D eigenvalue weighted by Gasteiger charge is -2.35. The van der Waals surface area contributed by atoms with E-state index in [4.69, 9.17) is 0 Å². The quantitative estimate of drug-likeness (QED) is 0.919. The van der Waals surface area contributed by atoms with Gasteiger partial charge < -0.3 is 14.9 Å². The first kappa shape index (κ1) is 17.5. The van der Waals surface area contributed by atoms with E-state index in [2.05, 4.69) is 0 Å². The van der Waals surface area contributed by atoms with Gasteiger partial charge >= 0.3 is 0 Å². The van der Waals surface area contributed by atoms with Gasteiger partial charge in [-0.05, 0) is 25.0 Å².